The summed E-state index contributed by atoms with van der Waals surface area (Å²) in [4.78, 5) is 22.0. The number of carbonyl (C=O) groups is 1. The van der Waals surface area contributed by atoms with Gasteiger partial charge in [0.05, 0.1) is 30.5 Å². The number of hydrogen-bond acceptors (Lipinski definition) is 4. The van der Waals surface area contributed by atoms with Gasteiger partial charge in [-0.25, -0.2) is 14.8 Å². The van der Waals surface area contributed by atoms with Gasteiger partial charge in [-0.05, 0) is 42.0 Å². The van der Waals surface area contributed by atoms with Crippen LogP contribution in [0.5, 0.6) is 11.6 Å². The van der Waals surface area contributed by atoms with Crippen molar-refractivity contribution in [1.29, 1.82) is 0 Å². The second-order valence-electron chi connectivity index (χ2n) is 6.50. The maximum Gasteiger partial charge on any atom is 0.416 e. The van der Waals surface area contributed by atoms with Crippen molar-refractivity contribution in [1.82, 2.24) is 15.3 Å². The molecule has 0 bridgehead atoms. The van der Waals surface area contributed by atoms with Crippen LogP contribution in [0.25, 0.3) is 0 Å². The molecule has 30 heavy (non-hydrogen) atoms. The quantitative estimate of drug-likeness (QED) is 0.612. The Morgan fingerprint density at radius 3 is 2.53 bits per heavy atom. The lowest BCUT2D eigenvalue weighted by atomic mass is 10.0. The SMILES string of the molecule is O=C1N[C@@H](c2cccc(C(F)(F)F)c2)CN1c1cnc(Oc2ccc(Cl)cc2)cn1. The Hall–Kier alpha value is -3.33. The van der Waals surface area contributed by atoms with Crippen LogP contribution >= 0.6 is 11.6 Å². The lowest BCUT2D eigenvalue weighted by Crippen LogP contribution is -2.28. The topological polar surface area (TPSA) is 67.4 Å². The number of aromatic nitrogens is 2. The number of hydrogen-bond donors (Lipinski definition) is 1. The van der Waals surface area contributed by atoms with E-state index in [2.05, 4.69) is 15.3 Å². The van der Waals surface area contributed by atoms with E-state index in [1.165, 1.54) is 23.4 Å². The van der Waals surface area contributed by atoms with Crippen LogP contribution in [0.4, 0.5) is 23.8 Å². The zero-order chi connectivity index (χ0) is 21.3. The Bertz CT molecular complexity index is 1060. The first kappa shape index (κ1) is 20.0. The van der Waals surface area contributed by atoms with Crippen LogP contribution in [0.1, 0.15) is 17.2 Å². The van der Waals surface area contributed by atoms with Crippen molar-refractivity contribution in [2.75, 3.05) is 11.4 Å². The molecule has 1 saturated heterocycles. The van der Waals surface area contributed by atoms with Crippen molar-refractivity contribution in [3.05, 3.63) is 77.1 Å². The lowest BCUT2D eigenvalue weighted by Gasteiger charge is -2.15. The highest BCUT2D eigenvalue weighted by molar-refractivity contribution is 6.30. The molecule has 4 rings (SSSR count). The number of ether oxygens (including phenoxy) is 1. The van der Waals surface area contributed by atoms with Crippen LogP contribution in [0, 0.1) is 0 Å². The fourth-order valence-electron chi connectivity index (χ4n) is 2.98. The molecule has 6 nitrogen and oxygen atoms in total. The molecule has 1 fully saturated rings. The predicted molar refractivity (Wildman–Crippen MR) is 104 cm³/mol. The maximum atomic E-state index is 13.0. The Morgan fingerprint density at radius 1 is 1.10 bits per heavy atom. The van der Waals surface area contributed by atoms with E-state index >= 15 is 0 Å². The van der Waals surface area contributed by atoms with Crippen LogP contribution in [0.15, 0.2) is 60.9 Å². The fraction of sp³-hybridized carbons (Fsp3) is 0.150. The van der Waals surface area contributed by atoms with Crippen LogP contribution < -0.4 is 15.0 Å². The summed E-state index contributed by atoms with van der Waals surface area (Å²) in [6.45, 7) is 0.117. The van der Waals surface area contributed by atoms with Crippen LogP contribution in [0.2, 0.25) is 5.02 Å². The third-order valence-corrected chi connectivity index (χ3v) is 4.70. The second kappa shape index (κ2) is 7.83. The standard InChI is InChI=1S/C20H14ClF3N4O2/c21-14-4-6-15(7-5-14)30-18-10-25-17(9-26-18)28-11-16(27-19(28)29)12-2-1-3-13(8-12)20(22,23)24/h1-10,16H,11H2,(H,27,29)/t16-/m1/s1. The minimum absolute atomic E-state index is 0.117. The molecule has 2 heterocycles. The highest BCUT2D eigenvalue weighted by Gasteiger charge is 2.34. The summed E-state index contributed by atoms with van der Waals surface area (Å²) >= 11 is 5.83. The zero-order valence-corrected chi connectivity index (χ0v) is 16.0. The van der Waals surface area contributed by atoms with Crippen molar-refractivity contribution in [3.8, 4) is 11.6 Å². The van der Waals surface area contributed by atoms with E-state index in [0.717, 1.165) is 12.1 Å². The van der Waals surface area contributed by atoms with Crippen LogP contribution in [-0.2, 0) is 6.18 Å². The van der Waals surface area contributed by atoms with Gasteiger partial charge in [0.25, 0.3) is 0 Å². The number of nitrogens with zero attached hydrogens (tertiary/aromatic N) is 3. The van der Waals surface area contributed by atoms with E-state index in [1.54, 1.807) is 30.3 Å². The average Bonchev–Trinajstić information content (AvgIpc) is 3.11. The summed E-state index contributed by atoms with van der Waals surface area (Å²) in [5.41, 5.74) is -0.410. The molecule has 1 N–H and O–H groups in total. The second-order valence-corrected chi connectivity index (χ2v) is 6.94. The first-order chi connectivity index (χ1) is 14.3. The molecule has 0 unspecified atom stereocenters. The maximum absolute atomic E-state index is 13.0. The van der Waals surface area contributed by atoms with Crippen molar-refractivity contribution >= 4 is 23.4 Å². The van der Waals surface area contributed by atoms with Gasteiger partial charge in [-0.2, -0.15) is 13.2 Å². The molecule has 154 valence electrons. The molecule has 3 aromatic rings. The average molecular weight is 435 g/mol. The van der Waals surface area contributed by atoms with Gasteiger partial charge in [0.15, 0.2) is 5.82 Å². The Labute approximate surface area is 174 Å². The Balaban J connectivity index is 1.47. The summed E-state index contributed by atoms with van der Waals surface area (Å²) in [6.07, 6.45) is -1.74. The first-order valence-electron chi connectivity index (χ1n) is 8.80. The van der Waals surface area contributed by atoms with Gasteiger partial charge in [-0.15, -0.1) is 0 Å². The summed E-state index contributed by atoms with van der Waals surface area (Å²) in [5, 5.41) is 3.23. The van der Waals surface area contributed by atoms with Crippen LogP contribution in [0.3, 0.4) is 0 Å². The van der Waals surface area contributed by atoms with Crippen molar-refractivity contribution < 1.29 is 22.7 Å². The first-order valence-corrected chi connectivity index (χ1v) is 9.18. The van der Waals surface area contributed by atoms with E-state index in [0.29, 0.717) is 16.3 Å². The van der Waals surface area contributed by atoms with E-state index in [4.69, 9.17) is 16.3 Å². The minimum atomic E-state index is -4.45. The molecule has 2 aromatic carbocycles. The molecule has 0 radical (unpaired) electrons. The highest BCUT2D eigenvalue weighted by atomic mass is 35.5. The third kappa shape index (κ3) is 4.30. The largest absolute Gasteiger partial charge is 0.438 e. The van der Waals surface area contributed by atoms with Gasteiger partial charge in [0.2, 0.25) is 5.88 Å². The highest BCUT2D eigenvalue weighted by Crippen LogP contribution is 2.32. The van der Waals surface area contributed by atoms with Gasteiger partial charge < -0.3 is 10.1 Å². The molecule has 2 amide bonds. The number of nitrogens with one attached hydrogen (secondary N) is 1. The van der Waals surface area contributed by atoms with Gasteiger partial charge in [-0.3, -0.25) is 4.90 Å². The Morgan fingerprint density at radius 2 is 1.87 bits per heavy atom. The number of halogens is 4. The van der Waals surface area contributed by atoms with E-state index < -0.39 is 23.8 Å². The normalized spacial score (nSPS) is 16.5. The molecular formula is C20H14ClF3N4O2. The molecule has 0 spiro atoms. The molecule has 1 atom stereocenters. The molecule has 0 saturated carbocycles. The molecule has 1 aliphatic heterocycles. The van der Waals surface area contributed by atoms with Gasteiger partial charge in [0, 0.05) is 5.02 Å². The number of benzene rings is 2. The minimum Gasteiger partial charge on any atom is -0.438 e. The van der Waals surface area contributed by atoms with E-state index in [1.807, 2.05) is 0 Å². The summed E-state index contributed by atoms with van der Waals surface area (Å²) in [6, 6.07) is 10.5. The summed E-state index contributed by atoms with van der Waals surface area (Å²) in [5.74, 6) is 0.991. The number of anilines is 1. The van der Waals surface area contributed by atoms with E-state index in [-0.39, 0.29) is 18.2 Å². The molecule has 10 heteroatoms. The number of rotatable bonds is 4. The van der Waals surface area contributed by atoms with Gasteiger partial charge in [-0.1, -0.05) is 23.7 Å². The van der Waals surface area contributed by atoms with Crippen LogP contribution in [-0.4, -0.2) is 22.5 Å². The van der Waals surface area contributed by atoms with Crippen molar-refractivity contribution in [2.45, 2.75) is 12.2 Å². The fourth-order valence-corrected chi connectivity index (χ4v) is 3.11. The van der Waals surface area contributed by atoms with Gasteiger partial charge in [0.1, 0.15) is 5.75 Å². The Kier molecular flexibility index (Phi) is 5.21. The lowest BCUT2D eigenvalue weighted by molar-refractivity contribution is -0.137. The molecular weight excluding hydrogens is 421 g/mol. The monoisotopic (exact) mass is 434 g/mol. The molecule has 1 aromatic heterocycles. The third-order valence-electron chi connectivity index (χ3n) is 4.45. The van der Waals surface area contributed by atoms with Gasteiger partial charge >= 0.3 is 12.2 Å². The predicted octanol–water partition coefficient (Wildman–Crippen LogP) is 5.21. The van der Waals surface area contributed by atoms with E-state index in [9.17, 15) is 18.0 Å². The zero-order valence-electron chi connectivity index (χ0n) is 15.2. The number of urea groups is 1. The number of amides is 2. The van der Waals surface area contributed by atoms with Crippen molar-refractivity contribution in [3.63, 3.8) is 0 Å². The number of alkyl halides is 3. The molecule has 1 aliphatic rings. The smallest absolute Gasteiger partial charge is 0.416 e. The summed E-state index contributed by atoms with van der Waals surface area (Å²) in [7, 11) is 0. The molecule has 0 aliphatic carbocycles. The summed E-state index contributed by atoms with van der Waals surface area (Å²) < 4.78 is 44.4. The van der Waals surface area contributed by atoms with Crippen molar-refractivity contribution in [2.24, 2.45) is 0 Å². The number of carbonyl (C=O) groups excluding carboxylic acids is 1.